The van der Waals surface area contributed by atoms with Gasteiger partial charge in [0, 0.05) is 23.8 Å². The van der Waals surface area contributed by atoms with E-state index in [2.05, 4.69) is 10.2 Å². The van der Waals surface area contributed by atoms with Gasteiger partial charge < -0.3 is 0 Å². The van der Waals surface area contributed by atoms with Gasteiger partial charge in [0.25, 0.3) is 11.2 Å². The fourth-order valence-corrected chi connectivity index (χ4v) is 1.32. The number of aromatic nitrogens is 2. The molecule has 86 valence electrons. The van der Waals surface area contributed by atoms with Crippen LogP contribution < -0.4 is 5.56 Å². The Morgan fingerprint density at radius 1 is 1.29 bits per heavy atom. The number of nitro groups is 1. The first-order chi connectivity index (χ1) is 8.08. The first-order valence-electron chi connectivity index (χ1n) is 4.58. The van der Waals surface area contributed by atoms with Gasteiger partial charge in [-0.1, -0.05) is 0 Å². The third-order valence-electron chi connectivity index (χ3n) is 2.12. The van der Waals surface area contributed by atoms with Gasteiger partial charge in [0.2, 0.25) is 0 Å². The molecule has 0 aliphatic rings. The maximum absolute atomic E-state index is 13.5. The summed E-state index contributed by atoms with van der Waals surface area (Å²) in [7, 11) is 0. The molecule has 1 aromatic heterocycles. The number of rotatable bonds is 2. The summed E-state index contributed by atoms with van der Waals surface area (Å²) in [5.41, 5.74) is -0.574. The minimum Gasteiger partial charge on any atom is -0.268 e. The van der Waals surface area contributed by atoms with Crippen LogP contribution in [0.1, 0.15) is 0 Å². The lowest BCUT2D eigenvalue weighted by Gasteiger charge is -2.01. The molecule has 2 aromatic rings. The Morgan fingerprint density at radius 3 is 2.65 bits per heavy atom. The third kappa shape index (κ3) is 2.17. The van der Waals surface area contributed by atoms with Gasteiger partial charge in [-0.3, -0.25) is 14.9 Å². The lowest BCUT2D eigenvalue weighted by atomic mass is 10.1. The first kappa shape index (κ1) is 10.9. The molecule has 7 heteroatoms. The summed E-state index contributed by atoms with van der Waals surface area (Å²) in [5.74, 6) is -0.643. The second kappa shape index (κ2) is 4.12. The molecule has 0 fully saturated rings. The summed E-state index contributed by atoms with van der Waals surface area (Å²) in [6.45, 7) is 0. The number of benzene rings is 1. The van der Waals surface area contributed by atoms with E-state index in [1.165, 1.54) is 12.1 Å². The molecular formula is C10H6FN3O3. The Labute approximate surface area is 93.9 Å². The molecule has 0 saturated heterocycles. The molecule has 0 atom stereocenters. The molecule has 17 heavy (non-hydrogen) atoms. The van der Waals surface area contributed by atoms with Crippen molar-refractivity contribution in [3.8, 4) is 11.3 Å². The fourth-order valence-electron chi connectivity index (χ4n) is 1.32. The quantitative estimate of drug-likeness (QED) is 0.630. The van der Waals surface area contributed by atoms with Crippen LogP contribution in [0.25, 0.3) is 11.3 Å². The number of nitro benzene ring substituents is 1. The van der Waals surface area contributed by atoms with Gasteiger partial charge in [0.15, 0.2) is 0 Å². The number of hydrogen-bond donors (Lipinski definition) is 1. The summed E-state index contributed by atoms with van der Waals surface area (Å²) in [6.07, 6.45) is 0. The molecular weight excluding hydrogens is 229 g/mol. The van der Waals surface area contributed by atoms with Crippen LogP contribution in [0, 0.1) is 15.9 Å². The van der Waals surface area contributed by atoms with E-state index < -0.39 is 16.3 Å². The Hall–Kier alpha value is -2.57. The summed E-state index contributed by atoms with van der Waals surface area (Å²) in [6, 6.07) is 5.57. The van der Waals surface area contributed by atoms with Gasteiger partial charge in [-0.2, -0.15) is 5.10 Å². The summed E-state index contributed by atoms with van der Waals surface area (Å²) in [5, 5.41) is 16.3. The number of nitrogens with one attached hydrogen (secondary N) is 1. The largest absolute Gasteiger partial charge is 0.270 e. The van der Waals surface area contributed by atoms with Crippen molar-refractivity contribution in [1.29, 1.82) is 0 Å². The Morgan fingerprint density at radius 2 is 2.06 bits per heavy atom. The van der Waals surface area contributed by atoms with Crippen LogP contribution >= 0.6 is 0 Å². The van der Waals surface area contributed by atoms with E-state index in [-0.39, 0.29) is 16.9 Å². The molecule has 0 unspecified atom stereocenters. The van der Waals surface area contributed by atoms with Gasteiger partial charge in [-0.15, -0.1) is 0 Å². The average Bonchev–Trinajstić information content (AvgIpc) is 2.31. The van der Waals surface area contributed by atoms with Crippen LogP contribution in [0.5, 0.6) is 0 Å². The highest BCUT2D eigenvalue weighted by molar-refractivity contribution is 5.62. The predicted octanol–water partition coefficient (Wildman–Crippen LogP) is 1.48. The van der Waals surface area contributed by atoms with E-state index in [1.807, 2.05) is 0 Å². The molecule has 0 spiro atoms. The highest BCUT2D eigenvalue weighted by Gasteiger charge is 2.13. The van der Waals surface area contributed by atoms with Crippen LogP contribution in [0.15, 0.2) is 35.1 Å². The van der Waals surface area contributed by atoms with Crippen LogP contribution in [0.2, 0.25) is 0 Å². The van der Waals surface area contributed by atoms with Crippen molar-refractivity contribution in [2.45, 2.75) is 0 Å². The number of nitrogens with zero attached hydrogens (tertiary/aromatic N) is 2. The monoisotopic (exact) mass is 235 g/mol. The van der Waals surface area contributed by atoms with E-state index in [4.69, 9.17) is 0 Å². The normalized spacial score (nSPS) is 10.2. The molecule has 0 saturated carbocycles. The first-order valence-corrected chi connectivity index (χ1v) is 4.58. The number of aromatic amines is 1. The van der Waals surface area contributed by atoms with E-state index in [9.17, 15) is 19.3 Å². The SMILES string of the molecule is O=c1ccc(-c2cc([N+](=O)[O-])ccc2F)n[nH]1. The molecule has 6 nitrogen and oxygen atoms in total. The van der Waals surface area contributed by atoms with Crippen molar-refractivity contribution in [2.75, 3.05) is 0 Å². The number of H-pyrrole nitrogens is 1. The van der Waals surface area contributed by atoms with Crippen molar-refractivity contribution < 1.29 is 9.31 Å². The third-order valence-corrected chi connectivity index (χ3v) is 2.12. The zero-order valence-corrected chi connectivity index (χ0v) is 8.38. The topological polar surface area (TPSA) is 88.9 Å². The molecule has 0 amide bonds. The summed E-state index contributed by atoms with van der Waals surface area (Å²) in [4.78, 5) is 20.7. The van der Waals surface area contributed by atoms with Crippen molar-refractivity contribution in [3.05, 3.63) is 56.6 Å². The minimum atomic E-state index is -0.643. The predicted molar refractivity (Wildman–Crippen MR) is 56.9 cm³/mol. The lowest BCUT2D eigenvalue weighted by molar-refractivity contribution is -0.384. The van der Waals surface area contributed by atoms with Crippen LogP contribution in [-0.2, 0) is 0 Å². The smallest absolute Gasteiger partial charge is 0.268 e. The second-order valence-electron chi connectivity index (χ2n) is 3.23. The number of hydrogen-bond acceptors (Lipinski definition) is 4. The minimum absolute atomic E-state index is 0.0320. The van der Waals surface area contributed by atoms with Gasteiger partial charge >= 0.3 is 0 Å². The maximum atomic E-state index is 13.5. The fraction of sp³-hybridized carbons (Fsp3) is 0. The van der Waals surface area contributed by atoms with Crippen molar-refractivity contribution >= 4 is 5.69 Å². The molecule has 0 aliphatic heterocycles. The van der Waals surface area contributed by atoms with Crippen LogP contribution in [-0.4, -0.2) is 15.1 Å². The average molecular weight is 235 g/mol. The number of halogens is 1. The van der Waals surface area contributed by atoms with E-state index in [0.717, 1.165) is 18.2 Å². The highest BCUT2D eigenvalue weighted by Crippen LogP contribution is 2.24. The molecule has 1 aromatic carbocycles. The number of non-ortho nitro benzene ring substituents is 1. The van der Waals surface area contributed by atoms with Crippen LogP contribution in [0.3, 0.4) is 0 Å². The molecule has 0 radical (unpaired) electrons. The molecule has 2 rings (SSSR count). The van der Waals surface area contributed by atoms with E-state index in [1.54, 1.807) is 0 Å². The summed E-state index contributed by atoms with van der Waals surface area (Å²) >= 11 is 0. The molecule has 0 bridgehead atoms. The van der Waals surface area contributed by atoms with Gasteiger partial charge in [0.05, 0.1) is 10.6 Å². The van der Waals surface area contributed by atoms with Gasteiger partial charge in [-0.25, -0.2) is 9.49 Å². The van der Waals surface area contributed by atoms with Gasteiger partial charge in [-0.05, 0) is 12.1 Å². The molecule has 1 heterocycles. The zero-order valence-electron chi connectivity index (χ0n) is 8.38. The lowest BCUT2D eigenvalue weighted by Crippen LogP contribution is -2.06. The van der Waals surface area contributed by atoms with E-state index >= 15 is 0 Å². The molecule has 0 aliphatic carbocycles. The summed E-state index contributed by atoms with van der Waals surface area (Å²) < 4.78 is 13.5. The highest BCUT2D eigenvalue weighted by atomic mass is 19.1. The van der Waals surface area contributed by atoms with Crippen molar-refractivity contribution in [3.63, 3.8) is 0 Å². The second-order valence-corrected chi connectivity index (χ2v) is 3.23. The zero-order chi connectivity index (χ0) is 12.4. The standard InChI is InChI=1S/C10H6FN3O3/c11-8-2-1-6(14(16)17)5-7(8)9-3-4-10(15)13-12-9/h1-5H,(H,13,15). The Bertz CT molecular complexity index is 618. The Balaban J connectivity index is 2.57. The van der Waals surface area contributed by atoms with E-state index in [0.29, 0.717) is 0 Å². The maximum Gasteiger partial charge on any atom is 0.270 e. The van der Waals surface area contributed by atoms with Gasteiger partial charge in [0.1, 0.15) is 5.82 Å². The Kier molecular flexibility index (Phi) is 2.65. The molecule has 1 N–H and O–H groups in total. The van der Waals surface area contributed by atoms with Crippen molar-refractivity contribution in [2.24, 2.45) is 0 Å². The van der Waals surface area contributed by atoms with Crippen molar-refractivity contribution in [1.82, 2.24) is 10.2 Å². The van der Waals surface area contributed by atoms with Crippen LogP contribution in [0.4, 0.5) is 10.1 Å².